The van der Waals surface area contributed by atoms with Crippen LogP contribution in [0.2, 0.25) is 15.1 Å². The Bertz CT molecular complexity index is 1040. The Morgan fingerprint density at radius 3 is 2.40 bits per heavy atom. The van der Waals surface area contributed by atoms with Crippen LogP contribution in [-0.4, -0.2) is 12.2 Å². The summed E-state index contributed by atoms with van der Waals surface area (Å²) in [5, 5.41) is 13.4. The Morgan fingerprint density at radius 1 is 1.07 bits per heavy atom. The fourth-order valence-electron chi connectivity index (χ4n) is 2.70. The van der Waals surface area contributed by atoms with E-state index >= 15 is 0 Å². The number of anilines is 1. The Labute approximate surface area is 196 Å². The zero-order chi connectivity index (χ0) is 21.8. The Balaban J connectivity index is 1.77. The predicted molar refractivity (Wildman–Crippen MR) is 122 cm³/mol. The highest BCUT2D eigenvalue weighted by Gasteiger charge is 2.15. The van der Waals surface area contributed by atoms with E-state index in [2.05, 4.69) is 21.2 Å². The number of benzene rings is 3. The van der Waals surface area contributed by atoms with Crippen LogP contribution in [0.25, 0.3) is 0 Å². The van der Waals surface area contributed by atoms with Crippen molar-refractivity contribution in [3.05, 3.63) is 78.9 Å². The van der Waals surface area contributed by atoms with E-state index in [1.165, 1.54) is 19.2 Å². The van der Waals surface area contributed by atoms with Gasteiger partial charge in [-0.2, -0.15) is 0 Å². The van der Waals surface area contributed by atoms with Crippen molar-refractivity contribution in [2.75, 3.05) is 12.4 Å². The lowest BCUT2D eigenvalue weighted by atomic mass is 10.2. The fourth-order valence-corrected chi connectivity index (χ4v) is 4.01. The molecule has 30 heavy (non-hydrogen) atoms. The Hall–Kier alpha value is -1.86. The average Bonchev–Trinajstić information content (AvgIpc) is 2.70. The molecule has 3 rings (SSSR count). The number of phenolic OH excluding ortho intramolecular Hbond substituents is 1. The number of phenols is 1. The summed E-state index contributed by atoms with van der Waals surface area (Å²) in [6.45, 7) is 0.369. The fraction of sp³-hybridized carbons (Fsp3) is 0.143. The van der Waals surface area contributed by atoms with Crippen LogP contribution in [0, 0.1) is 5.82 Å². The zero-order valence-corrected chi connectivity index (χ0v) is 19.5. The van der Waals surface area contributed by atoms with Crippen LogP contribution in [0.5, 0.6) is 17.2 Å². The number of hydrogen-bond acceptors (Lipinski definition) is 4. The van der Waals surface area contributed by atoms with E-state index < -0.39 is 5.82 Å². The molecule has 3 aromatic carbocycles. The summed E-state index contributed by atoms with van der Waals surface area (Å²) < 4.78 is 25.9. The third-order valence-corrected chi connectivity index (χ3v) is 5.74. The lowest BCUT2D eigenvalue weighted by Crippen LogP contribution is -2.04. The van der Waals surface area contributed by atoms with Crippen molar-refractivity contribution in [3.63, 3.8) is 0 Å². The van der Waals surface area contributed by atoms with Gasteiger partial charge in [0.25, 0.3) is 0 Å². The quantitative estimate of drug-likeness (QED) is 0.309. The molecule has 0 aliphatic carbocycles. The highest BCUT2D eigenvalue weighted by atomic mass is 79.9. The zero-order valence-electron chi connectivity index (χ0n) is 15.6. The molecule has 0 aliphatic rings. The molecule has 0 heterocycles. The second-order valence-corrected chi connectivity index (χ2v) is 8.32. The van der Waals surface area contributed by atoms with Crippen molar-refractivity contribution < 1.29 is 19.0 Å². The van der Waals surface area contributed by atoms with Crippen LogP contribution in [0.3, 0.4) is 0 Å². The van der Waals surface area contributed by atoms with Gasteiger partial charge in [0.05, 0.1) is 26.7 Å². The molecular formula is C21H16BrCl3FNO3. The maximum atomic E-state index is 14.0. The van der Waals surface area contributed by atoms with Gasteiger partial charge in [0.15, 0.2) is 17.2 Å². The maximum absolute atomic E-state index is 14.0. The molecule has 0 unspecified atom stereocenters. The minimum absolute atomic E-state index is 0.0530. The summed E-state index contributed by atoms with van der Waals surface area (Å²) in [5.74, 6) is 0.293. The summed E-state index contributed by atoms with van der Waals surface area (Å²) in [6, 6.07) is 11.3. The molecule has 0 spiro atoms. The highest BCUT2D eigenvalue weighted by Crippen LogP contribution is 2.38. The first-order valence-electron chi connectivity index (χ1n) is 8.64. The van der Waals surface area contributed by atoms with Crippen LogP contribution in [0.1, 0.15) is 11.1 Å². The van der Waals surface area contributed by atoms with Gasteiger partial charge in [0.2, 0.25) is 0 Å². The van der Waals surface area contributed by atoms with Crippen molar-refractivity contribution >= 4 is 56.4 Å². The molecule has 0 saturated heterocycles. The van der Waals surface area contributed by atoms with E-state index in [9.17, 15) is 9.50 Å². The maximum Gasteiger partial charge on any atom is 0.175 e. The first-order chi connectivity index (χ1) is 14.3. The third kappa shape index (κ3) is 5.24. The summed E-state index contributed by atoms with van der Waals surface area (Å²) in [6.07, 6.45) is 0. The van der Waals surface area contributed by atoms with Gasteiger partial charge in [-0.1, -0.05) is 40.9 Å². The summed E-state index contributed by atoms with van der Waals surface area (Å²) in [7, 11) is 1.52. The van der Waals surface area contributed by atoms with Crippen molar-refractivity contribution in [3.8, 4) is 17.2 Å². The number of aromatic hydroxyl groups is 1. The largest absolute Gasteiger partial charge is 0.505 e. The minimum atomic E-state index is -0.440. The lowest BCUT2D eigenvalue weighted by Gasteiger charge is -2.16. The minimum Gasteiger partial charge on any atom is -0.505 e. The molecule has 0 fully saturated rings. The number of ether oxygens (including phenoxy) is 2. The van der Waals surface area contributed by atoms with Gasteiger partial charge in [-0.25, -0.2) is 4.39 Å². The number of rotatable bonds is 7. The topological polar surface area (TPSA) is 50.7 Å². The number of methoxy groups -OCH3 is 1. The number of nitrogens with one attached hydrogen (secondary N) is 1. The molecule has 4 nitrogen and oxygen atoms in total. The molecule has 2 N–H and O–H groups in total. The molecule has 0 atom stereocenters. The van der Waals surface area contributed by atoms with E-state index in [0.29, 0.717) is 28.2 Å². The van der Waals surface area contributed by atoms with Crippen LogP contribution in [-0.2, 0) is 13.2 Å². The van der Waals surface area contributed by atoms with E-state index in [4.69, 9.17) is 44.3 Å². The van der Waals surface area contributed by atoms with E-state index in [1.54, 1.807) is 24.3 Å². The number of halogens is 5. The second-order valence-electron chi connectivity index (χ2n) is 6.24. The molecule has 3 aromatic rings. The smallest absolute Gasteiger partial charge is 0.175 e. The summed E-state index contributed by atoms with van der Waals surface area (Å²) in [5.41, 5.74) is 1.78. The number of hydrogen-bond donors (Lipinski definition) is 2. The van der Waals surface area contributed by atoms with Gasteiger partial charge in [-0.3, -0.25) is 0 Å². The predicted octanol–water partition coefficient (Wildman–Crippen LogP) is 7.45. The molecule has 0 bridgehead atoms. The van der Waals surface area contributed by atoms with Gasteiger partial charge < -0.3 is 19.9 Å². The molecule has 158 valence electrons. The van der Waals surface area contributed by atoms with E-state index in [0.717, 1.165) is 5.56 Å². The molecule has 9 heteroatoms. The van der Waals surface area contributed by atoms with Crippen LogP contribution >= 0.6 is 50.7 Å². The lowest BCUT2D eigenvalue weighted by molar-refractivity contribution is 0.278. The standard InChI is InChI=1S/C21H16BrCl3FNO3/c1-29-19-6-11(9-27-12-7-16(24)20(28)17(25)8-12)5-14(22)21(19)30-10-13-15(23)3-2-4-18(13)26/h2-8,27-28H,9-10H2,1H3. The Kier molecular flexibility index (Phi) is 7.58. The van der Waals surface area contributed by atoms with Gasteiger partial charge in [0, 0.05) is 17.8 Å². The van der Waals surface area contributed by atoms with Crippen LogP contribution in [0.4, 0.5) is 10.1 Å². The third-order valence-electron chi connectivity index (χ3n) is 4.23. The normalized spacial score (nSPS) is 10.7. The first-order valence-corrected chi connectivity index (χ1v) is 10.6. The van der Waals surface area contributed by atoms with Gasteiger partial charge >= 0.3 is 0 Å². The van der Waals surface area contributed by atoms with Gasteiger partial charge in [-0.05, 0) is 57.9 Å². The average molecular weight is 536 g/mol. The molecule has 0 radical (unpaired) electrons. The summed E-state index contributed by atoms with van der Waals surface area (Å²) >= 11 is 21.4. The van der Waals surface area contributed by atoms with Crippen LogP contribution < -0.4 is 14.8 Å². The van der Waals surface area contributed by atoms with E-state index in [1.807, 2.05) is 6.07 Å². The Morgan fingerprint density at radius 2 is 1.77 bits per heavy atom. The monoisotopic (exact) mass is 533 g/mol. The molecular weight excluding hydrogens is 519 g/mol. The SMILES string of the molecule is COc1cc(CNc2cc(Cl)c(O)c(Cl)c2)cc(Br)c1OCc1c(F)cccc1Cl. The van der Waals surface area contributed by atoms with Crippen molar-refractivity contribution in [1.29, 1.82) is 0 Å². The summed E-state index contributed by atoms with van der Waals surface area (Å²) in [4.78, 5) is 0. The van der Waals surface area contributed by atoms with Crippen molar-refractivity contribution in [1.82, 2.24) is 0 Å². The molecule has 0 aliphatic heterocycles. The first kappa shape index (κ1) is 22.8. The van der Waals surface area contributed by atoms with Gasteiger partial charge in [0.1, 0.15) is 12.4 Å². The van der Waals surface area contributed by atoms with Crippen molar-refractivity contribution in [2.45, 2.75) is 13.2 Å². The second kappa shape index (κ2) is 9.96. The van der Waals surface area contributed by atoms with E-state index in [-0.39, 0.29) is 33.0 Å². The van der Waals surface area contributed by atoms with Crippen molar-refractivity contribution in [2.24, 2.45) is 0 Å². The van der Waals surface area contributed by atoms with Crippen LogP contribution in [0.15, 0.2) is 46.9 Å². The molecule has 0 saturated carbocycles. The van der Waals surface area contributed by atoms with Gasteiger partial charge in [-0.15, -0.1) is 0 Å². The molecule has 0 amide bonds. The highest BCUT2D eigenvalue weighted by molar-refractivity contribution is 9.10. The molecule has 0 aromatic heterocycles.